The third kappa shape index (κ3) is 5.07. The summed E-state index contributed by atoms with van der Waals surface area (Å²) >= 11 is 0. The molecule has 0 fully saturated rings. The molecule has 6 heteroatoms. The van der Waals surface area contributed by atoms with Crippen molar-refractivity contribution in [3.63, 3.8) is 0 Å². The van der Waals surface area contributed by atoms with Crippen LogP contribution in [0.15, 0.2) is 23.1 Å². The number of benzene rings is 1. The molecule has 0 saturated heterocycles. The monoisotopic (exact) mass is 315 g/mol. The van der Waals surface area contributed by atoms with E-state index in [-0.39, 0.29) is 18.0 Å². The fraction of sp³-hybridized carbons (Fsp3) is 0.600. The van der Waals surface area contributed by atoms with Gasteiger partial charge in [0.2, 0.25) is 10.0 Å². The Morgan fingerprint density at radius 3 is 2.48 bits per heavy atom. The molecule has 0 radical (unpaired) electrons. The summed E-state index contributed by atoms with van der Waals surface area (Å²) in [5.74, 6) is 0. The molecule has 0 aliphatic rings. The Hall–Kier alpha value is -0.950. The third-order valence-electron chi connectivity index (χ3n) is 3.21. The Labute approximate surface area is 127 Å². The minimum atomic E-state index is -3.63. The predicted octanol–water partition coefficient (Wildman–Crippen LogP) is 1.83. The molecule has 0 bridgehead atoms. The maximum Gasteiger partial charge on any atom is 0.240 e. The van der Waals surface area contributed by atoms with Crippen molar-refractivity contribution < 1.29 is 18.3 Å². The molecule has 0 aromatic heterocycles. The minimum Gasteiger partial charge on any atom is -0.392 e. The number of hydrogen-bond donors (Lipinski definition) is 2. The number of aliphatic hydroxyl groups excluding tert-OH is 1. The molecule has 120 valence electrons. The van der Waals surface area contributed by atoms with Gasteiger partial charge in [-0.1, -0.05) is 19.1 Å². The maximum atomic E-state index is 12.5. The van der Waals surface area contributed by atoms with Gasteiger partial charge in [-0.25, -0.2) is 13.1 Å². The second-order valence-electron chi connectivity index (χ2n) is 5.47. The van der Waals surface area contributed by atoms with E-state index in [1.807, 2.05) is 27.7 Å². The zero-order valence-electron chi connectivity index (χ0n) is 13.1. The molecule has 2 N–H and O–H groups in total. The summed E-state index contributed by atoms with van der Waals surface area (Å²) in [7, 11) is -3.63. The first-order valence-corrected chi connectivity index (χ1v) is 8.60. The van der Waals surface area contributed by atoms with Crippen molar-refractivity contribution in [3.05, 3.63) is 29.3 Å². The van der Waals surface area contributed by atoms with Crippen LogP contribution >= 0.6 is 0 Å². The van der Waals surface area contributed by atoms with Crippen molar-refractivity contribution in [3.8, 4) is 0 Å². The molecule has 1 rings (SSSR count). The van der Waals surface area contributed by atoms with Crippen molar-refractivity contribution in [1.29, 1.82) is 0 Å². The van der Waals surface area contributed by atoms with Crippen molar-refractivity contribution in [2.75, 3.05) is 13.2 Å². The van der Waals surface area contributed by atoms with Crippen LogP contribution in [0.5, 0.6) is 0 Å². The highest BCUT2D eigenvalue weighted by atomic mass is 32.2. The molecule has 0 heterocycles. The van der Waals surface area contributed by atoms with Gasteiger partial charge in [0.05, 0.1) is 17.1 Å². The summed E-state index contributed by atoms with van der Waals surface area (Å²) < 4.78 is 33.1. The highest BCUT2D eigenvalue weighted by Gasteiger charge is 2.24. The van der Waals surface area contributed by atoms with Gasteiger partial charge in [0.25, 0.3) is 0 Å². The second-order valence-corrected chi connectivity index (χ2v) is 7.21. The van der Waals surface area contributed by atoms with Crippen LogP contribution in [0, 0.1) is 0 Å². The van der Waals surface area contributed by atoms with Gasteiger partial charge < -0.3 is 9.84 Å². The van der Waals surface area contributed by atoms with Crippen LogP contribution in [0.3, 0.4) is 0 Å². The van der Waals surface area contributed by atoms with E-state index in [2.05, 4.69) is 4.72 Å². The van der Waals surface area contributed by atoms with Gasteiger partial charge in [0.1, 0.15) is 0 Å². The van der Waals surface area contributed by atoms with E-state index in [0.29, 0.717) is 18.6 Å². The highest BCUT2D eigenvalue weighted by molar-refractivity contribution is 7.89. The van der Waals surface area contributed by atoms with E-state index < -0.39 is 15.6 Å². The smallest absolute Gasteiger partial charge is 0.240 e. The first-order valence-electron chi connectivity index (χ1n) is 7.12. The lowest BCUT2D eigenvalue weighted by molar-refractivity contribution is -0.00515. The second kappa shape index (κ2) is 7.35. The van der Waals surface area contributed by atoms with E-state index >= 15 is 0 Å². The Morgan fingerprint density at radius 1 is 1.29 bits per heavy atom. The lowest BCUT2D eigenvalue weighted by atomic mass is 10.1. The molecule has 0 spiro atoms. The third-order valence-corrected chi connectivity index (χ3v) is 4.69. The SMILES string of the molecule is CCOC(C)(C)CNS(=O)(=O)c1cc(CO)ccc1CC. The van der Waals surface area contributed by atoms with Crippen molar-refractivity contribution >= 4 is 10.0 Å². The van der Waals surface area contributed by atoms with Crippen LogP contribution < -0.4 is 4.72 Å². The van der Waals surface area contributed by atoms with Crippen LogP contribution in [0.4, 0.5) is 0 Å². The van der Waals surface area contributed by atoms with E-state index in [1.54, 1.807) is 12.1 Å². The zero-order valence-corrected chi connectivity index (χ0v) is 14.0. The highest BCUT2D eigenvalue weighted by Crippen LogP contribution is 2.19. The number of hydrogen-bond acceptors (Lipinski definition) is 4. The zero-order chi connectivity index (χ0) is 16.1. The summed E-state index contributed by atoms with van der Waals surface area (Å²) in [5, 5.41) is 9.19. The number of rotatable bonds is 8. The quantitative estimate of drug-likeness (QED) is 0.767. The van der Waals surface area contributed by atoms with Gasteiger partial charge in [0, 0.05) is 13.2 Å². The molecular formula is C15H25NO4S. The summed E-state index contributed by atoms with van der Waals surface area (Å²) in [4.78, 5) is 0.226. The lowest BCUT2D eigenvalue weighted by Crippen LogP contribution is -2.40. The Bertz CT molecular complexity index is 567. The van der Waals surface area contributed by atoms with Gasteiger partial charge >= 0.3 is 0 Å². The molecule has 0 saturated carbocycles. The van der Waals surface area contributed by atoms with E-state index in [4.69, 9.17) is 4.74 Å². The molecule has 5 nitrogen and oxygen atoms in total. The van der Waals surface area contributed by atoms with Gasteiger partial charge in [0.15, 0.2) is 0 Å². The Kier molecular flexibility index (Phi) is 6.34. The van der Waals surface area contributed by atoms with Crippen LogP contribution in [0.2, 0.25) is 0 Å². The topological polar surface area (TPSA) is 75.6 Å². The number of sulfonamides is 1. The average molecular weight is 315 g/mol. The minimum absolute atomic E-state index is 0.184. The van der Waals surface area contributed by atoms with E-state index in [1.165, 1.54) is 6.07 Å². The van der Waals surface area contributed by atoms with Crippen LogP contribution in [-0.2, 0) is 27.8 Å². The van der Waals surface area contributed by atoms with E-state index in [0.717, 1.165) is 5.56 Å². The van der Waals surface area contributed by atoms with Crippen molar-refractivity contribution in [1.82, 2.24) is 4.72 Å². The van der Waals surface area contributed by atoms with Gasteiger partial charge in [-0.05, 0) is 44.4 Å². The van der Waals surface area contributed by atoms with Crippen molar-refractivity contribution in [2.45, 2.75) is 51.2 Å². The maximum absolute atomic E-state index is 12.5. The van der Waals surface area contributed by atoms with E-state index in [9.17, 15) is 13.5 Å². The van der Waals surface area contributed by atoms with Gasteiger partial charge in [-0.2, -0.15) is 0 Å². The molecule has 0 atom stereocenters. The molecule has 1 aromatic rings. The van der Waals surface area contributed by atoms with Crippen LogP contribution in [0.1, 0.15) is 38.8 Å². The molecule has 0 aliphatic heterocycles. The first kappa shape index (κ1) is 18.1. The predicted molar refractivity (Wildman–Crippen MR) is 82.6 cm³/mol. The molecule has 0 unspecified atom stereocenters. The van der Waals surface area contributed by atoms with Crippen LogP contribution in [0.25, 0.3) is 0 Å². The van der Waals surface area contributed by atoms with Gasteiger partial charge in [-0.15, -0.1) is 0 Å². The summed E-state index contributed by atoms with van der Waals surface area (Å²) in [6.45, 7) is 7.97. The molecule has 0 aliphatic carbocycles. The van der Waals surface area contributed by atoms with Crippen molar-refractivity contribution in [2.24, 2.45) is 0 Å². The van der Waals surface area contributed by atoms with Crippen LogP contribution in [-0.4, -0.2) is 32.3 Å². The molecule has 21 heavy (non-hydrogen) atoms. The lowest BCUT2D eigenvalue weighted by Gasteiger charge is -2.25. The summed E-state index contributed by atoms with van der Waals surface area (Å²) in [6.07, 6.45) is 0.608. The average Bonchev–Trinajstić information content (AvgIpc) is 2.44. The Morgan fingerprint density at radius 2 is 1.95 bits per heavy atom. The number of aliphatic hydroxyl groups is 1. The molecule has 1 aromatic carbocycles. The number of aryl methyl sites for hydroxylation is 1. The standard InChI is InChI=1S/C15H25NO4S/c1-5-13-8-7-12(10-17)9-14(13)21(18,19)16-11-15(3,4)20-6-2/h7-9,16-17H,5-6,10-11H2,1-4H3. The fourth-order valence-electron chi connectivity index (χ4n) is 2.03. The number of nitrogens with one attached hydrogen (secondary N) is 1. The normalized spacial score (nSPS) is 12.6. The Balaban J connectivity index is 3.02. The molecular weight excluding hydrogens is 290 g/mol. The first-order chi connectivity index (χ1) is 9.75. The van der Waals surface area contributed by atoms with Gasteiger partial charge in [-0.3, -0.25) is 0 Å². The summed E-state index contributed by atoms with van der Waals surface area (Å²) in [6, 6.07) is 5.00. The summed E-state index contributed by atoms with van der Waals surface area (Å²) in [5.41, 5.74) is 0.744. The molecule has 0 amide bonds. The number of ether oxygens (including phenoxy) is 1. The largest absolute Gasteiger partial charge is 0.392 e. The fourth-order valence-corrected chi connectivity index (χ4v) is 3.59.